The number of amides is 2. The number of para-hydroxylation sites is 1. The molecule has 4 nitrogen and oxygen atoms in total. The fraction of sp³-hybridized carbons (Fsp3) is 0.0667. The van der Waals surface area contributed by atoms with Crippen LogP contribution in [0.1, 0.15) is 5.56 Å². The van der Waals surface area contributed by atoms with Crippen LogP contribution in [0.5, 0.6) is 0 Å². The molecule has 0 bridgehead atoms. The summed E-state index contributed by atoms with van der Waals surface area (Å²) in [5.41, 5.74) is 1.55. The Bertz CT molecular complexity index is 553. The molecule has 0 spiro atoms. The van der Waals surface area contributed by atoms with Gasteiger partial charge in [-0.2, -0.15) is 0 Å². The van der Waals surface area contributed by atoms with Gasteiger partial charge < -0.3 is 10.6 Å². The minimum absolute atomic E-state index is 0.335. The topological polar surface area (TPSA) is 58.2 Å². The molecule has 4 heteroatoms. The van der Waals surface area contributed by atoms with Gasteiger partial charge in [0.1, 0.15) is 0 Å². The molecule has 0 heterocycles. The quantitative estimate of drug-likeness (QED) is 0.822. The van der Waals surface area contributed by atoms with E-state index in [1.54, 1.807) is 24.3 Å². The highest BCUT2D eigenvalue weighted by molar-refractivity contribution is 6.39. The molecular formula is C15H14N2O2. The Balaban J connectivity index is 1.85. The van der Waals surface area contributed by atoms with Gasteiger partial charge in [0.25, 0.3) is 0 Å². The van der Waals surface area contributed by atoms with E-state index >= 15 is 0 Å². The summed E-state index contributed by atoms with van der Waals surface area (Å²) in [7, 11) is 0. The molecule has 0 unspecified atom stereocenters. The molecule has 96 valence electrons. The fourth-order valence-corrected chi connectivity index (χ4v) is 1.57. The Labute approximate surface area is 111 Å². The fourth-order valence-electron chi connectivity index (χ4n) is 1.57. The highest BCUT2D eigenvalue weighted by Gasteiger charge is 2.12. The predicted molar refractivity (Wildman–Crippen MR) is 73.4 cm³/mol. The first-order chi connectivity index (χ1) is 9.25. The number of hydrogen-bond acceptors (Lipinski definition) is 2. The highest BCUT2D eigenvalue weighted by Crippen LogP contribution is 2.04. The van der Waals surface area contributed by atoms with Crippen molar-refractivity contribution in [1.82, 2.24) is 5.32 Å². The summed E-state index contributed by atoms with van der Waals surface area (Å²) < 4.78 is 0. The van der Waals surface area contributed by atoms with Crippen molar-refractivity contribution in [2.45, 2.75) is 6.54 Å². The summed E-state index contributed by atoms with van der Waals surface area (Å²) in [6.07, 6.45) is 0. The molecule has 0 radical (unpaired) electrons. The minimum atomic E-state index is -0.665. The van der Waals surface area contributed by atoms with E-state index in [1.165, 1.54) is 0 Å². The van der Waals surface area contributed by atoms with E-state index in [0.717, 1.165) is 5.56 Å². The van der Waals surface area contributed by atoms with Crippen molar-refractivity contribution in [3.63, 3.8) is 0 Å². The Morgan fingerprint density at radius 3 is 2.00 bits per heavy atom. The van der Waals surface area contributed by atoms with Crippen molar-refractivity contribution in [1.29, 1.82) is 0 Å². The molecule has 0 saturated carbocycles. The standard InChI is InChI=1S/C15H14N2O2/c18-14(16-11-12-7-3-1-4-8-12)15(19)17-13-9-5-2-6-10-13/h1-10H,11H2,(H,16,18)(H,17,19). The molecule has 2 rings (SSSR count). The molecule has 0 atom stereocenters. The molecule has 0 aromatic heterocycles. The summed E-state index contributed by atoms with van der Waals surface area (Å²) in [5.74, 6) is -1.31. The maximum absolute atomic E-state index is 11.6. The van der Waals surface area contributed by atoms with Crippen molar-refractivity contribution >= 4 is 17.5 Å². The van der Waals surface area contributed by atoms with Gasteiger partial charge in [0.2, 0.25) is 0 Å². The van der Waals surface area contributed by atoms with Crippen LogP contribution in [0.15, 0.2) is 60.7 Å². The smallest absolute Gasteiger partial charge is 0.313 e. The first kappa shape index (κ1) is 12.8. The highest BCUT2D eigenvalue weighted by atomic mass is 16.2. The second kappa shape index (κ2) is 6.35. The predicted octanol–water partition coefficient (Wildman–Crippen LogP) is 1.94. The Morgan fingerprint density at radius 2 is 1.37 bits per heavy atom. The molecular weight excluding hydrogens is 240 g/mol. The van der Waals surface area contributed by atoms with Crippen molar-refractivity contribution in [2.75, 3.05) is 5.32 Å². The average Bonchev–Trinajstić information content (AvgIpc) is 2.47. The van der Waals surface area contributed by atoms with E-state index in [1.807, 2.05) is 36.4 Å². The molecule has 0 aliphatic carbocycles. The van der Waals surface area contributed by atoms with Crippen LogP contribution < -0.4 is 10.6 Å². The van der Waals surface area contributed by atoms with Crippen LogP contribution in [-0.4, -0.2) is 11.8 Å². The number of benzene rings is 2. The zero-order valence-corrected chi connectivity index (χ0v) is 10.3. The lowest BCUT2D eigenvalue weighted by molar-refractivity contribution is -0.136. The lowest BCUT2D eigenvalue weighted by Gasteiger charge is -2.06. The largest absolute Gasteiger partial charge is 0.344 e. The number of carbonyl (C=O) groups is 2. The normalized spacial score (nSPS) is 9.68. The molecule has 0 fully saturated rings. The van der Waals surface area contributed by atoms with Gasteiger partial charge in [0.15, 0.2) is 0 Å². The monoisotopic (exact) mass is 254 g/mol. The Hall–Kier alpha value is -2.62. The van der Waals surface area contributed by atoms with Crippen LogP contribution in [0, 0.1) is 0 Å². The van der Waals surface area contributed by atoms with Crippen LogP contribution in [0.2, 0.25) is 0 Å². The molecule has 19 heavy (non-hydrogen) atoms. The van der Waals surface area contributed by atoms with Crippen LogP contribution in [-0.2, 0) is 16.1 Å². The molecule has 0 saturated heterocycles. The second-order valence-corrected chi connectivity index (χ2v) is 3.99. The summed E-state index contributed by atoms with van der Waals surface area (Å²) in [4.78, 5) is 23.2. The van der Waals surface area contributed by atoms with Gasteiger partial charge in [-0.15, -0.1) is 0 Å². The molecule has 2 amide bonds. The van der Waals surface area contributed by atoms with Gasteiger partial charge >= 0.3 is 11.8 Å². The lowest BCUT2D eigenvalue weighted by Crippen LogP contribution is -2.34. The van der Waals surface area contributed by atoms with Gasteiger partial charge in [-0.25, -0.2) is 0 Å². The molecule has 0 aliphatic heterocycles. The van der Waals surface area contributed by atoms with Crippen molar-refractivity contribution < 1.29 is 9.59 Å². The van der Waals surface area contributed by atoms with Gasteiger partial charge in [-0.1, -0.05) is 48.5 Å². The van der Waals surface area contributed by atoms with Crippen LogP contribution in [0.25, 0.3) is 0 Å². The van der Waals surface area contributed by atoms with Crippen molar-refractivity contribution in [3.8, 4) is 0 Å². The van der Waals surface area contributed by atoms with Gasteiger partial charge in [-0.05, 0) is 17.7 Å². The van der Waals surface area contributed by atoms with Crippen molar-refractivity contribution in [3.05, 3.63) is 66.2 Å². The average molecular weight is 254 g/mol. The van der Waals surface area contributed by atoms with Gasteiger partial charge in [0, 0.05) is 12.2 Å². The number of carbonyl (C=O) groups excluding carboxylic acids is 2. The maximum Gasteiger partial charge on any atom is 0.313 e. The van der Waals surface area contributed by atoms with E-state index in [4.69, 9.17) is 0 Å². The van der Waals surface area contributed by atoms with Crippen LogP contribution in [0.4, 0.5) is 5.69 Å². The SMILES string of the molecule is O=C(NCc1ccccc1)C(=O)Nc1ccccc1. The van der Waals surface area contributed by atoms with Crippen LogP contribution >= 0.6 is 0 Å². The zero-order chi connectivity index (χ0) is 13.5. The van der Waals surface area contributed by atoms with Gasteiger partial charge in [0.05, 0.1) is 0 Å². The van der Waals surface area contributed by atoms with Crippen LogP contribution in [0.3, 0.4) is 0 Å². The van der Waals surface area contributed by atoms with Gasteiger partial charge in [-0.3, -0.25) is 9.59 Å². The molecule has 2 N–H and O–H groups in total. The number of rotatable bonds is 3. The summed E-state index contributed by atoms with van der Waals surface area (Å²) in [5, 5.41) is 5.09. The maximum atomic E-state index is 11.6. The van der Waals surface area contributed by atoms with E-state index in [-0.39, 0.29) is 0 Å². The first-order valence-electron chi connectivity index (χ1n) is 5.94. The van der Waals surface area contributed by atoms with Crippen molar-refractivity contribution in [2.24, 2.45) is 0 Å². The number of nitrogens with one attached hydrogen (secondary N) is 2. The van der Waals surface area contributed by atoms with E-state index in [0.29, 0.717) is 12.2 Å². The minimum Gasteiger partial charge on any atom is -0.344 e. The molecule has 0 aliphatic rings. The second-order valence-electron chi connectivity index (χ2n) is 3.99. The third-order valence-electron chi connectivity index (χ3n) is 2.53. The number of hydrogen-bond donors (Lipinski definition) is 2. The third-order valence-corrected chi connectivity index (χ3v) is 2.53. The zero-order valence-electron chi connectivity index (χ0n) is 10.3. The summed E-state index contributed by atoms with van der Waals surface area (Å²) in [6, 6.07) is 18.3. The number of anilines is 1. The Kier molecular flexibility index (Phi) is 4.29. The summed E-state index contributed by atoms with van der Waals surface area (Å²) in [6.45, 7) is 0.335. The van der Waals surface area contributed by atoms with E-state index < -0.39 is 11.8 Å². The van der Waals surface area contributed by atoms with E-state index in [9.17, 15) is 9.59 Å². The van der Waals surface area contributed by atoms with E-state index in [2.05, 4.69) is 10.6 Å². The summed E-state index contributed by atoms with van der Waals surface area (Å²) >= 11 is 0. The molecule has 2 aromatic carbocycles. The molecule has 2 aromatic rings. The lowest BCUT2D eigenvalue weighted by atomic mass is 10.2. The first-order valence-corrected chi connectivity index (χ1v) is 5.94. The Morgan fingerprint density at radius 1 is 0.789 bits per heavy atom. The third kappa shape index (κ3) is 3.96.